The molecule has 0 fully saturated rings. The van der Waals surface area contributed by atoms with Crippen molar-refractivity contribution in [3.8, 4) is 22.1 Å². The number of hydrogen-bond donors (Lipinski definition) is 1. The van der Waals surface area contributed by atoms with Crippen molar-refractivity contribution in [1.82, 2.24) is 10.3 Å². The lowest BCUT2D eigenvalue weighted by atomic mass is 10.1. The van der Waals surface area contributed by atoms with E-state index in [1.807, 2.05) is 53.9 Å². The van der Waals surface area contributed by atoms with Crippen LogP contribution < -0.4 is 14.8 Å². The van der Waals surface area contributed by atoms with Gasteiger partial charge in [0, 0.05) is 23.6 Å². The molecule has 0 spiro atoms. The van der Waals surface area contributed by atoms with Crippen LogP contribution in [-0.2, 0) is 17.6 Å². The third kappa shape index (κ3) is 5.08. The first-order valence-electron chi connectivity index (χ1n) is 8.67. The summed E-state index contributed by atoms with van der Waals surface area (Å²) >= 11 is 1.55. The maximum absolute atomic E-state index is 12.2. The monoisotopic (exact) mass is 382 g/mol. The van der Waals surface area contributed by atoms with Crippen LogP contribution in [-0.4, -0.2) is 31.7 Å². The fraction of sp³-hybridized carbons (Fsp3) is 0.238. The largest absolute Gasteiger partial charge is 0.497 e. The fourth-order valence-electron chi connectivity index (χ4n) is 2.72. The third-order valence-corrected chi connectivity index (χ3v) is 5.07. The lowest BCUT2D eigenvalue weighted by Crippen LogP contribution is -2.27. The quantitative estimate of drug-likeness (QED) is 0.645. The molecule has 0 bridgehead atoms. The molecule has 0 radical (unpaired) electrons. The normalized spacial score (nSPS) is 10.4. The van der Waals surface area contributed by atoms with Gasteiger partial charge in [-0.25, -0.2) is 4.98 Å². The van der Waals surface area contributed by atoms with Crippen molar-refractivity contribution >= 4 is 17.2 Å². The summed E-state index contributed by atoms with van der Waals surface area (Å²) in [6.45, 7) is 0.539. The van der Waals surface area contributed by atoms with Gasteiger partial charge in [-0.05, 0) is 18.1 Å². The molecule has 0 unspecified atom stereocenters. The van der Waals surface area contributed by atoms with Crippen LogP contribution in [0.25, 0.3) is 10.6 Å². The average Bonchev–Trinajstić information content (AvgIpc) is 3.17. The Hall–Kier alpha value is -2.86. The van der Waals surface area contributed by atoms with Crippen LogP contribution >= 0.6 is 11.3 Å². The van der Waals surface area contributed by atoms with Crippen molar-refractivity contribution in [2.24, 2.45) is 0 Å². The van der Waals surface area contributed by atoms with Crippen LogP contribution in [0.1, 0.15) is 11.3 Å². The summed E-state index contributed by atoms with van der Waals surface area (Å²) in [4.78, 5) is 16.8. The maximum atomic E-state index is 12.2. The zero-order valence-electron chi connectivity index (χ0n) is 15.4. The highest BCUT2D eigenvalue weighted by Gasteiger charge is 2.10. The number of nitrogens with one attached hydrogen (secondary N) is 1. The van der Waals surface area contributed by atoms with Gasteiger partial charge < -0.3 is 14.8 Å². The molecule has 140 valence electrons. The molecule has 0 aliphatic heterocycles. The minimum Gasteiger partial charge on any atom is -0.497 e. The number of nitrogens with zero attached hydrogens (tertiary/aromatic N) is 1. The fourth-order valence-corrected chi connectivity index (χ4v) is 3.55. The van der Waals surface area contributed by atoms with Crippen LogP contribution in [0.2, 0.25) is 0 Å². The van der Waals surface area contributed by atoms with Crippen molar-refractivity contribution in [3.63, 3.8) is 0 Å². The molecule has 3 rings (SSSR count). The second kappa shape index (κ2) is 9.19. The van der Waals surface area contributed by atoms with E-state index in [1.54, 1.807) is 25.6 Å². The van der Waals surface area contributed by atoms with E-state index in [2.05, 4.69) is 10.3 Å². The van der Waals surface area contributed by atoms with Crippen molar-refractivity contribution in [2.45, 2.75) is 12.8 Å². The van der Waals surface area contributed by atoms with E-state index >= 15 is 0 Å². The number of ether oxygens (including phenoxy) is 2. The highest BCUT2D eigenvalue weighted by molar-refractivity contribution is 7.13. The summed E-state index contributed by atoms with van der Waals surface area (Å²) in [5, 5.41) is 5.82. The van der Waals surface area contributed by atoms with E-state index in [0.717, 1.165) is 33.3 Å². The van der Waals surface area contributed by atoms with Crippen LogP contribution in [0, 0.1) is 0 Å². The van der Waals surface area contributed by atoms with Gasteiger partial charge in [-0.1, -0.05) is 36.4 Å². The van der Waals surface area contributed by atoms with Crippen LogP contribution in [0.5, 0.6) is 11.5 Å². The lowest BCUT2D eigenvalue weighted by molar-refractivity contribution is -0.120. The number of rotatable bonds is 8. The molecule has 0 atom stereocenters. The standard InChI is InChI=1S/C21H22N2O3S/c1-25-18-9-8-15(19(13-18)26-2)10-11-22-20(24)12-17-14-27-21(23-17)16-6-4-3-5-7-16/h3-9,13-14H,10-12H2,1-2H3,(H,22,24). The minimum absolute atomic E-state index is 0.0348. The van der Waals surface area contributed by atoms with E-state index < -0.39 is 0 Å². The van der Waals surface area contributed by atoms with Gasteiger partial charge in [-0.3, -0.25) is 4.79 Å². The summed E-state index contributed by atoms with van der Waals surface area (Å²) in [7, 11) is 3.25. The van der Waals surface area contributed by atoms with Gasteiger partial charge in [-0.2, -0.15) is 0 Å². The zero-order valence-corrected chi connectivity index (χ0v) is 16.2. The number of methoxy groups -OCH3 is 2. The van der Waals surface area contributed by atoms with Gasteiger partial charge in [0.05, 0.1) is 26.3 Å². The number of thiazole rings is 1. The summed E-state index contributed by atoms with van der Waals surface area (Å²) in [5.74, 6) is 1.47. The predicted molar refractivity (Wildman–Crippen MR) is 108 cm³/mol. The Bertz CT molecular complexity index is 893. The smallest absolute Gasteiger partial charge is 0.226 e. The predicted octanol–water partition coefficient (Wildman–Crippen LogP) is 3.73. The Labute approximate surface area is 163 Å². The second-order valence-electron chi connectivity index (χ2n) is 5.96. The second-order valence-corrected chi connectivity index (χ2v) is 6.82. The van der Waals surface area contributed by atoms with Gasteiger partial charge in [0.25, 0.3) is 0 Å². The van der Waals surface area contributed by atoms with Gasteiger partial charge in [0.15, 0.2) is 0 Å². The molecule has 1 heterocycles. The van der Waals surface area contributed by atoms with Crippen LogP contribution in [0.3, 0.4) is 0 Å². The highest BCUT2D eigenvalue weighted by Crippen LogP contribution is 2.25. The van der Waals surface area contributed by atoms with Gasteiger partial charge in [0.1, 0.15) is 16.5 Å². The lowest BCUT2D eigenvalue weighted by Gasteiger charge is -2.11. The van der Waals surface area contributed by atoms with E-state index in [-0.39, 0.29) is 12.3 Å². The van der Waals surface area contributed by atoms with E-state index in [0.29, 0.717) is 13.0 Å². The van der Waals surface area contributed by atoms with Crippen molar-refractivity contribution in [2.75, 3.05) is 20.8 Å². The Morgan fingerprint density at radius 2 is 1.93 bits per heavy atom. The Morgan fingerprint density at radius 1 is 1.11 bits per heavy atom. The molecule has 1 aromatic heterocycles. The summed E-state index contributed by atoms with van der Waals surface area (Å²) in [6.07, 6.45) is 0.967. The Kier molecular flexibility index (Phi) is 6.44. The Balaban J connectivity index is 1.51. The molecule has 1 amide bonds. The van der Waals surface area contributed by atoms with E-state index in [9.17, 15) is 4.79 Å². The summed E-state index contributed by atoms with van der Waals surface area (Å²) in [6, 6.07) is 15.7. The van der Waals surface area contributed by atoms with E-state index in [4.69, 9.17) is 9.47 Å². The number of aromatic nitrogens is 1. The molecule has 27 heavy (non-hydrogen) atoms. The third-order valence-electron chi connectivity index (χ3n) is 4.12. The SMILES string of the molecule is COc1ccc(CCNC(=O)Cc2csc(-c3ccccc3)n2)c(OC)c1. The molecule has 0 saturated carbocycles. The van der Waals surface area contributed by atoms with E-state index in [1.165, 1.54) is 0 Å². The zero-order chi connectivity index (χ0) is 19.1. The number of carbonyl (C=O) groups is 1. The first kappa shape index (κ1) is 18.9. The van der Waals surface area contributed by atoms with Gasteiger partial charge in [0.2, 0.25) is 5.91 Å². The van der Waals surface area contributed by atoms with Crippen LogP contribution in [0.4, 0.5) is 0 Å². The molecule has 5 nitrogen and oxygen atoms in total. The molecular formula is C21H22N2O3S. The van der Waals surface area contributed by atoms with Crippen molar-refractivity contribution < 1.29 is 14.3 Å². The first-order chi connectivity index (χ1) is 13.2. The number of hydrogen-bond acceptors (Lipinski definition) is 5. The van der Waals surface area contributed by atoms with Gasteiger partial charge in [-0.15, -0.1) is 11.3 Å². The highest BCUT2D eigenvalue weighted by atomic mass is 32.1. The molecule has 2 aromatic carbocycles. The maximum Gasteiger partial charge on any atom is 0.226 e. The molecular weight excluding hydrogens is 360 g/mol. The summed E-state index contributed by atoms with van der Waals surface area (Å²) < 4.78 is 10.6. The van der Waals surface area contributed by atoms with Crippen LogP contribution in [0.15, 0.2) is 53.9 Å². The molecule has 0 saturated heterocycles. The number of benzene rings is 2. The number of carbonyl (C=O) groups excluding carboxylic acids is 1. The summed E-state index contributed by atoms with van der Waals surface area (Å²) in [5.41, 5.74) is 2.89. The molecule has 0 aliphatic carbocycles. The molecule has 3 aromatic rings. The first-order valence-corrected chi connectivity index (χ1v) is 9.55. The van der Waals surface area contributed by atoms with Crippen molar-refractivity contribution in [3.05, 3.63) is 65.2 Å². The van der Waals surface area contributed by atoms with Crippen molar-refractivity contribution in [1.29, 1.82) is 0 Å². The minimum atomic E-state index is -0.0348. The topological polar surface area (TPSA) is 60.5 Å². The number of amides is 1. The molecule has 0 aliphatic rings. The molecule has 1 N–H and O–H groups in total. The van der Waals surface area contributed by atoms with Gasteiger partial charge >= 0.3 is 0 Å². The molecule has 6 heteroatoms. The Morgan fingerprint density at radius 3 is 2.67 bits per heavy atom. The average molecular weight is 382 g/mol.